The normalized spacial score (nSPS) is 12.3. The number of para-hydroxylation sites is 1. The first-order chi connectivity index (χ1) is 20.2. The molecule has 1 unspecified atom stereocenters. The number of hydrogen-bond donors (Lipinski definition) is 1. The van der Waals surface area contributed by atoms with E-state index in [1.807, 2.05) is 20.8 Å². The quantitative estimate of drug-likeness (QED) is 0.261. The van der Waals surface area contributed by atoms with Gasteiger partial charge in [-0.25, -0.2) is 8.42 Å². The molecule has 0 bridgehead atoms. The average Bonchev–Trinajstić information content (AvgIpc) is 2.96. The van der Waals surface area contributed by atoms with E-state index in [0.717, 1.165) is 4.31 Å². The van der Waals surface area contributed by atoms with Crippen LogP contribution >= 0.6 is 23.2 Å². The topological polar surface area (TPSA) is 105 Å². The number of amides is 2. The number of methoxy groups -OCH3 is 2. The van der Waals surface area contributed by atoms with Gasteiger partial charge in [0.25, 0.3) is 10.0 Å². The monoisotopic (exact) mass is 649 g/mol. The van der Waals surface area contributed by atoms with Gasteiger partial charge in [0.2, 0.25) is 11.8 Å². The fraction of sp³-hybridized carbons (Fsp3) is 0.355. The van der Waals surface area contributed by atoms with Gasteiger partial charge in [0, 0.05) is 33.8 Å². The highest BCUT2D eigenvalue weighted by Crippen LogP contribution is 2.33. The molecule has 3 aromatic rings. The molecule has 0 aromatic heterocycles. The minimum atomic E-state index is -4.31. The number of ether oxygens (including phenoxy) is 2. The minimum Gasteiger partial charge on any atom is -0.493 e. The Hall–Kier alpha value is -3.47. The van der Waals surface area contributed by atoms with E-state index in [9.17, 15) is 18.0 Å². The Balaban J connectivity index is 2.12. The number of carbonyl (C=O) groups excluding carboxylic acids is 2. The Morgan fingerprint density at radius 3 is 2.05 bits per heavy atom. The number of nitrogens with one attached hydrogen (secondary N) is 1. The molecule has 9 nitrogen and oxygen atoms in total. The third-order valence-electron chi connectivity index (χ3n) is 6.54. The van der Waals surface area contributed by atoms with Gasteiger partial charge in [0.15, 0.2) is 11.5 Å². The van der Waals surface area contributed by atoms with Crippen LogP contribution < -0.4 is 19.1 Å². The molecule has 0 saturated carbocycles. The zero-order chi connectivity index (χ0) is 31.9. The predicted octanol–water partition coefficient (Wildman–Crippen LogP) is 5.93. The van der Waals surface area contributed by atoms with Crippen molar-refractivity contribution < 1.29 is 27.5 Å². The summed E-state index contributed by atoms with van der Waals surface area (Å²) in [5.41, 5.74) is 0.123. The summed E-state index contributed by atoms with van der Waals surface area (Å²) < 4.78 is 39.8. The Morgan fingerprint density at radius 2 is 1.51 bits per heavy atom. The molecule has 0 fully saturated rings. The highest BCUT2D eigenvalue weighted by atomic mass is 35.5. The van der Waals surface area contributed by atoms with Crippen LogP contribution in [0.15, 0.2) is 71.6 Å². The first kappa shape index (κ1) is 34.0. The molecule has 232 valence electrons. The fourth-order valence-corrected chi connectivity index (χ4v) is 6.40. The molecule has 1 N–H and O–H groups in total. The molecule has 2 amide bonds. The smallest absolute Gasteiger partial charge is 0.264 e. The number of sulfonamides is 1. The molecule has 0 saturated heterocycles. The second-order valence-corrected chi connectivity index (χ2v) is 13.4. The van der Waals surface area contributed by atoms with Crippen LogP contribution in [0.5, 0.6) is 11.5 Å². The van der Waals surface area contributed by atoms with Gasteiger partial charge >= 0.3 is 0 Å². The Labute approximate surface area is 263 Å². The largest absolute Gasteiger partial charge is 0.493 e. The highest BCUT2D eigenvalue weighted by molar-refractivity contribution is 7.92. The van der Waals surface area contributed by atoms with Gasteiger partial charge in [-0.1, -0.05) is 54.4 Å². The number of nitrogens with zero attached hydrogens (tertiary/aromatic N) is 2. The lowest BCUT2D eigenvalue weighted by atomic mass is 10.1. The molecular formula is C31H37Cl2N3O6S. The first-order valence-electron chi connectivity index (χ1n) is 13.6. The van der Waals surface area contributed by atoms with Gasteiger partial charge in [0.1, 0.15) is 12.6 Å². The molecule has 12 heteroatoms. The number of halogens is 2. The maximum absolute atomic E-state index is 14.2. The zero-order valence-corrected chi connectivity index (χ0v) is 27.4. The van der Waals surface area contributed by atoms with Crippen LogP contribution in [0.2, 0.25) is 10.0 Å². The van der Waals surface area contributed by atoms with E-state index in [4.69, 9.17) is 32.7 Å². The molecule has 0 aliphatic heterocycles. The molecule has 3 rings (SSSR count). The van der Waals surface area contributed by atoms with Crippen molar-refractivity contribution in [3.05, 3.63) is 82.3 Å². The summed E-state index contributed by atoms with van der Waals surface area (Å²) in [6.07, 6.45) is 0.253. The lowest BCUT2D eigenvalue weighted by Crippen LogP contribution is -2.55. The van der Waals surface area contributed by atoms with Crippen LogP contribution in [0.3, 0.4) is 0 Å². The predicted molar refractivity (Wildman–Crippen MR) is 170 cm³/mol. The fourth-order valence-electron chi connectivity index (χ4n) is 4.45. The maximum Gasteiger partial charge on any atom is 0.264 e. The van der Waals surface area contributed by atoms with Crippen molar-refractivity contribution in [3.63, 3.8) is 0 Å². The van der Waals surface area contributed by atoms with Crippen LogP contribution in [0.1, 0.15) is 39.7 Å². The summed E-state index contributed by atoms with van der Waals surface area (Å²) in [7, 11) is -1.47. The number of rotatable bonds is 12. The molecule has 43 heavy (non-hydrogen) atoms. The Bertz CT molecular complexity index is 1520. The van der Waals surface area contributed by atoms with Crippen molar-refractivity contribution in [2.45, 2.75) is 57.1 Å². The average molecular weight is 651 g/mol. The van der Waals surface area contributed by atoms with Crippen molar-refractivity contribution in [2.75, 3.05) is 25.1 Å². The van der Waals surface area contributed by atoms with Crippen molar-refractivity contribution in [1.29, 1.82) is 0 Å². The zero-order valence-electron chi connectivity index (χ0n) is 25.1. The van der Waals surface area contributed by atoms with E-state index in [1.165, 1.54) is 37.3 Å². The van der Waals surface area contributed by atoms with Gasteiger partial charge in [-0.05, 0) is 63.6 Å². The Morgan fingerprint density at radius 1 is 0.907 bits per heavy atom. The van der Waals surface area contributed by atoms with Crippen molar-refractivity contribution in [3.8, 4) is 11.5 Å². The van der Waals surface area contributed by atoms with Crippen LogP contribution in [-0.4, -0.2) is 57.5 Å². The van der Waals surface area contributed by atoms with E-state index in [2.05, 4.69) is 5.32 Å². The summed E-state index contributed by atoms with van der Waals surface area (Å²) in [5, 5.41) is 3.56. The second kappa shape index (κ2) is 14.3. The standard InChI is InChI=1S/C31H37Cl2N3O6S/c1-7-26(30(38)34-31(2,3)4)35(19-23-24(32)14-11-15-25(23)33)29(37)20-36(21-12-9-8-10-13-21)43(39,40)22-16-17-27(41-5)28(18-22)42-6/h8-18,26H,7,19-20H2,1-6H3,(H,34,38). The second-order valence-electron chi connectivity index (χ2n) is 10.7. The third kappa shape index (κ3) is 8.34. The van der Waals surface area contributed by atoms with Crippen LogP contribution in [0.25, 0.3) is 0 Å². The van der Waals surface area contributed by atoms with Gasteiger partial charge in [-0.15, -0.1) is 0 Å². The van der Waals surface area contributed by atoms with Crippen LogP contribution in [0.4, 0.5) is 5.69 Å². The van der Waals surface area contributed by atoms with Gasteiger partial charge in [-0.2, -0.15) is 0 Å². The van der Waals surface area contributed by atoms with Crippen molar-refractivity contribution in [1.82, 2.24) is 10.2 Å². The number of carbonyl (C=O) groups is 2. The molecular weight excluding hydrogens is 613 g/mol. The molecule has 0 aliphatic carbocycles. The molecule has 0 heterocycles. The SMILES string of the molecule is CCC(C(=O)NC(C)(C)C)N(Cc1c(Cl)cccc1Cl)C(=O)CN(c1ccccc1)S(=O)(=O)c1ccc(OC)c(OC)c1. The number of anilines is 1. The molecule has 0 aliphatic rings. The lowest BCUT2D eigenvalue weighted by Gasteiger charge is -2.35. The number of benzene rings is 3. The van der Waals surface area contributed by atoms with Crippen molar-refractivity contribution >= 4 is 50.7 Å². The molecule has 1 atom stereocenters. The summed E-state index contributed by atoms with van der Waals surface area (Å²) in [6.45, 7) is 6.55. The minimum absolute atomic E-state index is 0.111. The third-order valence-corrected chi connectivity index (χ3v) is 9.02. The van der Waals surface area contributed by atoms with Crippen molar-refractivity contribution in [2.24, 2.45) is 0 Å². The van der Waals surface area contributed by atoms with Gasteiger partial charge in [0.05, 0.1) is 24.8 Å². The summed E-state index contributed by atoms with van der Waals surface area (Å²) in [5.74, 6) is -0.453. The van der Waals surface area contributed by atoms with E-state index >= 15 is 0 Å². The lowest BCUT2D eigenvalue weighted by molar-refractivity contribution is -0.141. The first-order valence-corrected chi connectivity index (χ1v) is 15.8. The highest BCUT2D eigenvalue weighted by Gasteiger charge is 2.35. The van der Waals surface area contributed by atoms with Crippen LogP contribution in [0, 0.1) is 0 Å². The maximum atomic E-state index is 14.2. The summed E-state index contributed by atoms with van der Waals surface area (Å²) >= 11 is 12.9. The summed E-state index contributed by atoms with van der Waals surface area (Å²) in [4.78, 5) is 28.9. The van der Waals surface area contributed by atoms with Crippen LogP contribution in [-0.2, 0) is 26.2 Å². The van der Waals surface area contributed by atoms with Gasteiger partial charge < -0.3 is 19.7 Å². The van der Waals surface area contributed by atoms with E-state index in [1.54, 1.807) is 55.5 Å². The Kier molecular flexibility index (Phi) is 11.3. The molecule has 0 spiro atoms. The van der Waals surface area contributed by atoms with E-state index in [-0.39, 0.29) is 35.2 Å². The molecule has 0 radical (unpaired) electrons. The van der Waals surface area contributed by atoms with E-state index in [0.29, 0.717) is 21.4 Å². The van der Waals surface area contributed by atoms with E-state index < -0.39 is 34.1 Å². The van der Waals surface area contributed by atoms with Gasteiger partial charge in [-0.3, -0.25) is 13.9 Å². The summed E-state index contributed by atoms with van der Waals surface area (Å²) in [6, 6.07) is 16.5. The number of hydrogen-bond acceptors (Lipinski definition) is 6. The molecule has 3 aromatic carbocycles.